The molecule has 3 heteroatoms. The Morgan fingerprint density at radius 3 is 2.57 bits per heavy atom. The van der Waals surface area contributed by atoms with Gasteiger partial charge in [-0.1, -0.05) is 56.9 Å². The third-order valence-electron chi connectivity index (χ3n) is 7.20. The lowest BCUT2D eigenvalue weighted by Crippen LogP contribution is -2.10. The maximum absolute atomic E-state index is 15.5. The van der Waals surface area contributed by atoms with Crippen LogP contribution in [0.15, 0.2) is 72.8 Å². The van der Waals surface area contributed by atoms with Crippen molar-refractivity contribution in [3.05, 3.63) is 107 Å². The summed E-state index contributed by atoms with van der Waals surface area (Å²) in [7, 11) is 0. The van der Waals surface area contributed by atoms with E-state index in [0.29, 0.717) is 17.8 Å². The molecule has 190 valence electrons. The number of benzene rings is 2. The van der Waals surface area contributed by atoms with Gasteiger partial charge in [-0.3, -0.25) is 4.99 Å². The molecule has 4 rings (SSSR count). The van der Waals surface area contributed by atoms with Crippen molar-refractivity contribution < 1.29 is 4.39 Å². The van der Waals surface area contributed by atoms with Gasteiger partial charge in [-0.2, -0.15) is 0 Å². The molecule has 0 saturated heterocycles. The number of nitrogens with zero attached hydrogens (tertiary/aromatic N) is 2. The predicted octanol–water partition coefficient (Wildman–Crippen LogP) is 9.78. The summed E-state index contributed by atoms with van der Waals surface area (Å²) in [4.78, 5) is 4.38. The molecule has 1 aliphatic carbocycles. The molecule has 0 radical (unpaired) electrons. The Kier molecular flexibility index (Phi) is 7.63. The third kappa shape index (κ3) is 4.83. The SMILES string of the molecule is C=C/C=C\C1=C(C)CC(=C)c2c1c1cc(CCC)c(C)cc1n2Cc1cc(C(=C)C)c(N=CC)cc1F. The number of fused-ring (bicyclic) bond motifs is 3. The van der Waals surface area contributed by atoms with Gasteiger partial charge in [0.25, 0.3) is 0 Å². The first kappa shape index (κ1) is 26.3. The van der Waals surface area contributed by atoms with E-state index in [0.717, 1.165) is 47.2 Å². The van der Waals surface area contributed by atoms with E-state index in [-0.39, 0.29) is 5.82 Å². The van der Waals surface area contributed by atoms with Gasteiger partial charge in [-0.15, -0.1) is 0 Å². The van der Waals surface area contributed by atoms with Crippen LogP contribution in [0.1, 0.15) is 74.0 Å². The Hall–Kier alpha value is -3.72. The summed E-state index contributed by atoms with van der Waals surface area (Å²) in [6.07, 6.45) is 10.5. The van der Waals surface area contributed by atoms with Crippen LogP contribution in [0.2, 0.25) is 0 Å². The van der Waals surface area contributed by atoms with Gasteiger partial charge in [0.2, 0.25) is 0 Å². The van der Waals surface area contributed by atoms with Crippen LogP contribution < -0.4 is 0 Å². The van der Waals surface area contributed by atoms with Crippen LogP contribution in [0.3, 0.4) is 0 Å². The number of halogens is 1. The number of hydrogen-bond acceptors (Lipinski definition) is 1. The monoisotopic (exact) mass is 492 g/mol. The molecule has 2 nitrogen and oxygen atoms in total. The zero-order valence-corrected chi connectivity index (χ0v) is 22.8. The molecule has 1 aromatic heterocycles. The van der Waals surface area contributed by atoms with E-state index in [9.17, 15) is 0 Å². The number of aliphatic imine (C=N–C) groups is 1. The molecule has 1 heterocycles. The van der Waals surface area contributed by atoms with Gasteiger partial charge < -0.3 is 4.57 Å². The van der Waals surface area contributed by atoms with E-state index in [4.69, 9.17) is 0 Å². The molecule has 0 atom stereocenters. The smallest absolute Gasteiger partial charge is 0.130 e. The number of aryl methyl sites for hydroxylation is 2. The lowest BCUT2D eigenvalue weighted by molar-refractivity contribution is 0.601. The maximum Gasteiger partial charge on any atom is 0.130 e. The Morgan fingerprint density at radius 1 is 1.16 bits per heavy atom. The molecule has 3 aromatic rings. The fraction of sp³-hybridized carbons (Fsp3) is 0.265. The molecular formula is C34H37FN2. The van der Waals surface area contributed by atoms with Gasteiger partial charge in [0.05, 0.1) is 17.9 Å². The van der Waals surface area contributed by atoms with Crippen LogP contribution in [0.5, 0.6) is 0 Å². The predicted molar refractivity (Wildman–Crippen MR) is 160 cm³/mol. The largest absolute Gasteiger partial charge is 0.336 e. The zero-order chi connectivity index (χ0) is 26.9. The van der Waals surface area contributed by atoms with E-state index in [1.807, 2.05) is 32.1 Å². The van der Waals surface area contributed by atoms with Crippen molar-refractivity contribution in [1.29, 1.82) is 0 Å². The summed E-state index contributed by atoms with van der Waals surface area (Å²) in [5, 5.41) is 1.20. The molecule has 0 saturated carbocycles. The highest BCUT2D eigenvalue weighted by molar-refractivity contribution is 6.04. The van der Waals surface area contributed by atoms with Gasteiger partial charge in [0.15, 0.2) is 0 Å². The highest BCUT2D eigenvalue weighted by Crippen LogP contribution is 2.45. The Labute approximate surface area is 220 Å². The summed E-state index contributed by atoms with van der Waals surface area (Å²) < 4.78 is 17.8. The summed E-state index contributed by atoms with van der Waals surface area (Å²) in [6.45, 7) is 23.2. The Balaban J connectivity index is 2.04. The number of hydrogen-bond donors (Lipinski definition) is 0. The average Bonchev–Trinajstić information content (AvgIpc) is 3.14. The molecule has 0 spiro atoms. The van der Waals surface area contributed by atoms with Crippen molar-refractivity contribution in [1.82, 2.24) is 4.57 Å². The zero-order valence-electron chi connectivity index (χ0n) is 22.8. The quantitative estimate of drug-likeness (QED) is 0.220. The molecule has 2 aromatic carbocycles. The summed E-state index contributed by atoms with van der Waals surface area (Å²) in [6, 6.07) is 8.04. The van der Waals surface area contributed by atoms with Crippen molar-refractivity contribution in [3.8, 4) is 0 Å². The van der Waals surface area contributed by atoms with Crippen LogP contribution in [-0.2, 0) is 13.0 Å². The van der Waals surface area contributed by atoms with Crippen molar-refractivity contribution in [2.75, 3.05) is 0 Å². The van der Waals surface area contributed by atoms with Crippen molar-refractivity contribution in [3.63, 3.8) is 0 Å². The first-order valence-electron chi connectivity index (χ1n) is 13.0. The van der Waals surface area contributed by atoms with Gasteiger partial charge in [0, 0.05) is 39.9 Å². The highest BCUT2D eigenvalue weighted by Gasteiger charge is 2.27. The lowest BCUT2D eigenvalue weighted by Gasteiger charge is -2.22. The Morgan fingerprint density at radius 2 is 1.92 bits per heavy atom. The fourth-order valence-corrected chi connectivity index (χ4v) is 5.48. The summed E-state index contributed by atoms with van der Waals surface area (Å²) in [5.41, 5.74) is 12.5. The second kappa shape index (κ2) is 10.7. The van der Waals surface area contributed by atoms with E-state index >= 15 is 4.39 Å². The normalized spacial score (nSPS) is 13.8. The molecule has 0 N–H and O–H groups in total. The van der Waals surface area contributed by atoms with E-state index in [1.54, 1.807) is 6.21 Å². The molecule has 0 bridgehead atoms. The number of rotatable bonds is 8. The second-order valence-electron chi connectivity index (χ2n) is 10.1. The fourth-order valence-electron chi connectivity index (χ4n) is 5.48. The minimum Gasteiger partial charge on any atom is -0.336 e. The van der Waals surface area contributed by atoms with Gasteiger partial charge >= 0.3 is 0 Å². The third-order valence-corrected chi connectivity index (χ3v) is 7.20. The van der Waals surface area contributed by atoms with Crippen molar-refractivity contribution in [2.45, 2.75) is 60.4 Å². The second-order valence-corrected chi connectivity index (χ2v) is 10.1. The van der Waals surface area contributed by atoms with Crippen molar-refractivity contribution >= 4 is 39.5 Å². The van der Waals surface area contributed by atoms with Crippen LogP contribution in [0.4, 0.5) is 10.1 Å². The van der Waals surface area contributed by atoms with Gasteiger partial charge in [0.1, 0.15) is 5.82 Å². The summed E-state index contributed by atoms with van der Waals surface area (Å²) >= 11 is 0. The number of aromatic nitrogens is 1. The molecule has 0 unspecified atom stereocenters. The molecule has 0 amide bonds. The van der Waals surface area contributed by atoms with Crippen LogP contribution in [-0.4, -0.2) is 10.8 Å². The molecular weight excluding hydrogens is 455 g/mol. The summed E-state index contributed by atoms with van der Waals surface area (Å²) in [5.74, 6) is -0.263. The lowest BCUT2D eigenvalue weighted by atomic mass is 9.85. The minimum atomic E-state index is -0.263. The molecule has 0 fully saturated rings. The highest BCUT2D eigenvalue weighted by atomic mass is 19.1. The van der Waals surface area contributed by atoms with Crippen molar-refractivity contribution in [2.24, 2.45) is 4.99 Å². The molecule has 0 aliphatic heterocycles. The molecule has 37 heavy (non-hydrogen) atoms. The molecule has 1 aliphatic rings. The topological polar surface area (TPSA) is 17.3 Å². The average molecular weight is 493 g/mol. The van der Waals surface area contributed by atoms with Gasteiger partial charge in [-0.25, -0.2) is 4.39 Å². The Bertz CT molecular complexity index is 1520. The van der Waals surface area contributed by atoms with Gasteiger partial charge in [-0.05, 0) is 86.6 Å². The first-order chi connectivity index (χ1) is 17.7. The standard InChI is InChI=1S/C34H37FN2/c1-9-12-14-27-23(7)15-24(8)34-33(27)29-17-25(13-10-2)22(6)16-32(29)37(34)20-26-18-28(21(4)5)31(36-11-3)19-30(26)35/h9,11-12,14,16-19H,1,4,8,10,13,15,20H2,2-3,5-7H3/b14-12-,36-11?. The van der Waals surface area contributed by atoms with E-state index in [1.165, 1.54) is 39.3 Å². The van der Waals surface area contributed by atoms with E-state index < -0.39 is 0 Å². The minimum absolute atomic E-state index is 0.263. The van der Waals surface area contributed by atoms with E-state index in [2.05, 4.69) is 68.3 Å². The number of allylic oxidation sites excluding steroid dienone is 7. The maximum atomic E-state index is 15.5. The van der Waals surface area contributed by atoms with Crippen LogP contribution in [0, 0.1) is 12.7 Å². The van der Waals surface area contributed by atoms with Crippen LogP contribution >= 0.6 is 0 Å². The van der Waals surface area contributed by atoms with Crippen LogP contribution in [0.25, 0.3) is 27.6 Å². The first-order valence-corrected chi connectivity index (χ1v) is 13.0.